The van der Waals surface area contributed by atoms with Crippen molar-refractivity contribution in [3.05, 3.63) is 75.4 Å². The molecule has 0 aliphatic carbocycles. The Labute approximate surface area is 220 Å². The summed E-state index contributed by atoms with van der Waals surface area (Å²) in [6.07, 6.45) is 3.97. The van der Waals surface area contributed by atoms with E-state index < -0.39 is 10.0 Å². The van der Waals surface area contributed by atoms with Crippen LogP contribution in [-0.2, 0) is 16.6 Å². The van der Waals surface area contributed by atoms with E-state index in [0.717, 1.165) is 25.2 Å². The summed E-state index contributed by atoms with van der Waals surface area (Å²) in [6.45, 7) is 5.14. The summed E-state index contributed by atoms with van der Waals surface area (Å²) in [5.41, 5.74) is 1.21. The van der Waals surface area contributed by atoms with E-state index in [9.17, 15) is 8.42 Å². The van der Waals surface area contributed by atoms with Crippen molar-refractivity contribution < 1.29 is 13.2 Å². The van der Waals surface area contributed by atoms with Gasteiger partial charge in [0.25, 0.3) is 10.0 Å². The fourth-order valence-corrected chi connectivity index (χ4v) is 5.29. The van der Waals surface area contributed by atoms with E-state index in [-0.39, 0.29) is 31.5 Å². The molecule has 1 aliphatic rings. The van der Waals surface area contributed by atoms with E-state index in [4.69, 9.17) is 39.5 Å². The van der Waals surface area contributed by atoms with Gasteiger partial charge in [-0.25, -0.2) is 13.4 Å². The van der Waals surface area contributed by atoms with E-state index in [2.05, 4.69) is 19.9 Å². The number of hydrogen-bond acceptors (Lipinski definition) is 6. The SMILES string of the molecule is O=S(=O)(Nc1cc(Cl)cnc1Oc1ccc(CNCCN2CCCC2)cc1)c1ccc(Cl)c(Cl)c1. The lowest BCUT2D eigenvalue weighted by Gasteiger charge is -2.15. The average Bonchev–Trinajstić information content (AvgIpc) is 3.35. The molecule has 2 N–H and O–H groups in total. The zero-order chi connectivity index (χ0) is 24.8. The van der Waals surface area contributed by atoms with Gasteiger partial charge in [-0.3, -0.25) is 4.72 Å². The highest BCUT2D eigenvalue weighted by molar-refractivity contribution is 7.92. The number of nitrogens with zero attached hydrogens (tertiary/aromatic N) is 2. The minimum Gasteiger partial charge on any atom is -0.437 e. The summed E-state index contributed by atoms with van der Waals surface area (Å²) in [5.74, 6) is 0.574. The fraction of sp³-hybridized carbons (Fsp3) is 0.292. The van der Waals surface area contributed by atoms with Crippen LogP contribution in [0.3, 0.4) is 0 Å². The van der Waals surface area contributed by atoms with Crippen LogP contribution in [-0.4, -0.2) is 44.5 Å². The molecule has 1 fully saturated rings. The van der Waals surface area contributed by atoms with Gasteiger partial charge in [0.15, 0.2) is 0 Å². The molecule has 4 rings (SSSR count). The maximum atomic E-state index is 12.9. The standard InChI is InChI=1S/C24H25Cl3N4O3S/c25-18-13-23(30-35(32,33)20-7-8-21(26)22(27)14-20)24(29-16-18)34-19-5-3-17(4-6-19)15-28-9-12-31-10-1-2-11-31/h3-8,13-14,16,28,30H,1-2,9-12,15H2. The van der Waals surface area contributed by atoms with Gasteiger partial charge in [-0.2, -0.15) is 0 Å². The Morgan fingerprint density at radius 3 is 2.43 bits per heavy atom. The largest absolute Gasteiger partial charge is 0.437 e. The number of nitrogens with one attached hydrogen (secondary N) is 2. The molecule has 0 bridgehead atoms. The predicted molar refractivity (Wildman–Crippen MR) is 140 cm³/mol. The molecule has 0 saturated carbocycles. The van der Waals surface area contributed by atoms with Crippen LogP contribution in [0.2, 0.25) is 15.1 Å². The summed E-state index contributed by atoms with van der Waals surface area (Å²) in [7, 11) is -3.99. The van der Waals surface area contributed by atoms with Gasteiger partial charge in [0.1, 0.15) is 11.4 Å². The lowest BCUT2D eigenvalue weighted by Crippen LogP contribution is -2.29. The van der Waals surface area contributed by atoms with Gasteiger partial charge in [-0.05, 0) is 67.9 Å². The van der Waals surface area contributed by atoms with Crippen LogP contribution in [0.25, 0.3) is 0 Å². The Bertz CT molecular complexity index is 1270. The zero-order valence-corrected chi connectivity index (χ0v) is 21.9. The molecule has 0 unspecified atom stereocenters. The smallest absolute Gasteiger partial charge is 0.262 e. The van der Waals surface area contributed by atoms with Crippen molar-refractivity contribution in [1.29, 1.82) is 0 Å². The fourth-order valence-electron chi connectivity index (χ4n) is 3.69. The Morgan fingerprint density at radius 1 is 0.971 bits per heavy atom. The van der Waals surface area contributed by atoms with Gasteiger partial charge >= 0.3 is 0 Å². The number of halogens is 3. The monoisotopic (exact) mass is 554 g/mol. The molecule has 11 heteroatoms. The lowest BCUT2D eigenvalue weighted by atomic mass is 10.2. The molecular formula is C24H25Cl3N4O3S. The molecule has 2 aromatic carbocycles. The van der Waals surface area contributed by atoms with Crippen molar-refractivity contribution in [2.75, 3.05) is 30.9 Å². The van der Waals surface area contributed by atoms with Crippen molar-refractivity contribution >= 4 is 50.5 Å². The third-order valence-electron chi connectivity index (χ3n) is 5.53. The normalized spacial score (nSPS) is 14.3. The Hall–Kier alpha value is -2.07. The molecule has 35 heavy (non-hydrogen) atoms. The number of anilines is 1. The van der Waals surface area contributed by atoms with E-state index >= 15 is 0 Å². The van der Waals surface area contributed by atoms with E-state index in [0.29, 0.717) is 5.75 Å². The summed E-state index contributed by atoms with van der Waals surface area (Å²) < 4.78 is 34.1. The second-order valence-corrected chi connectivity index (χ2v) is 11.1. The maximum absolute atomic E-state index is 12.9. The second-order valence-electron chi connectivity index (χ2n) is 8.16. The van der Waals surface area contributed by atoms with Crippen molar-refractivity contribution in [2.24, 2.45) is 0 Å². The summed E-state index contributed by atoms with van der Waals surface area (Å²) in [4.78, 5) is 6.57. The van der Waals surface area contributed by atoms with Gasteiger partial charge in [0.05, 0.1) is 20.0 Å². The van der Waals surface area contributed by atoms with Gasteiger partial charge < -0.3 is 15.0 Å². The molecule has 1 saturated heterocycles. The minimum absolute atomic E-state index is 0.0561. The van der Waals surface area contributed by atoms with Crippen LogP contribution in [0.1, 0.15) is 18.4 Å². The van der Waals surface area contributed by atoms with Crippen LogP contribution in [0, 0.1) is 0 Å². The van der Waals surface area contributed by atoms with Crippen LogP contribution >= 0.6 is 34.8 Å². The highest BCUT2D eigenvalue weighted by Crippen LogP contribution is 2.32. The Morgan fingerprint density at radius 2 is 1.71 bits per heavy atom. The first kappa shape index (κ1) is 26.0. The molecule has 1 aromatic heterocycles. The first-order valence-corrected chi connectivity index (χ1v) is 13.8. The number of benzene rings is 2. The third-order valence-corrected chi connectivity index (χ3v) is 7.84. The summed E-state index contributed by atoms with van der Waals surface area (Å²) in [5, 5.41) is 4.09. The molecule has 1 aliphatic heterocycles. The molecule has 0 radical (unpaired) electrons. The Balaban J connectivity index is 1.40. The molecule has 186 valence electrons. The van der Waals surface area contributed by atoms with Crippen molar-refractivity contribution in [3.8, 4) is 11.6 Å². The summed E-state index contributed by atoms with van der Waals surface area (Å²) >= 11 is 17.9. The molecule has 0 amide bonds. The van der Waals surface area contributed by atoms with Gasteiger partial charge in [0, 0.05) is 25.8 Å². The number of pyridine rings is 1. The number of likely N-dealkylation sites (tertiary alicyclic amines) is 1. The molecule has 2 heterocycles. The zero-order valence-electron chi connectivity index (χ0n) is 18.8. The Kier molecular flexibility index (Phi) is 8.75. The molecule has 7 nitrogen and oxygen atoms in total. The first-order chi connectivity index (χ1) is 16.8. The highest BCUT2D eigenvalue weighted by atomic mass is 35.5. The van der Waals surface area contributed by atoms with E-state index in [1.165, 1.54) is 56.4 Å². The number of hydrogen-bond donors (Lipinski definition) is 2. The van der Waals surface area contributed by atoms with Crippen LogP contribution in [0.4, 0.5) is 5.69 Å². The lowest BCUT2D eigenvalue weighted by molar-refractivity contribution is 0.335. The topological polar surface area (TPSA) is 83.6 Å². The molecular weight excluding hydrogens is 531 g/mol. The first-order valence-electron chi connectivity index (χ1n) is 11.1. The molecule has 0 spiro atoms. The van der Waals surface area contributed by atoms with Crippen LogP contribution < -0.4 is 14.8 Å². The number of ether oxygens (including phenoxy) is 1. The van der Waals surface area contributed by atoms with E-state index in [1.807, 2.05) is 24.3 Å². The highest BCUT2D eigenvalue weighted by Gasteiger charge is 2.19. The molecule has 3 aromatic rings. The van der Waals surface area contributed by atoms with Gasteiger partial charge in [-0.1, -0.05) is 46.9 Å². The average molecular weight is 556 g/mol. The maximum Gasteiger partial charge on any atom is 0.262 e. The quantitative estimate of drug-likeness (QED) is 0.307. The predicted octanol–water partition coefficient (Wildman–Crippen LogP) is 5.82. The number of aromatic nitrogens is 1. The number of sulfonamides is 1. The van der Waals surface area contributed by atoms with Crippen LogP contribution in [0.5, 0.6) is 11.6 Å². The van der Waals surface area contributed by atoms with Gasteiger partial charge in [-0.15, -0.1) is 0 Å². The van der Waals surface area contributed by atoms with Gasteiger partial charge in [0.2, 0.25) is 5.88 Å². The second kappa shape index (κ2) is 11.8. The number of rotatable bonds is 10. The van der Waals surface area contributed by atoms with Crippen molar-refractivity contribution in [1.82, 2.24) is 15.2 Å². The van der Waals surface area contributed by atoms with E-state index in [1.54, 1.807) is 0 Å². The molecule has 0 atom stereocenters. The van der Waals surface area contributed by atoms with Crippen molar-refractivity contribution in [3.63, 3.8) is 0 Å². The summed E-state index contributed by atoms with van der Waals surface area (Å²) in [6, 6.07) is 13.0. The third kappa shape index (κ3) is 7.22. The van der Waals surface area contributed by atoms with Crippen molar-refractivity contribution in [2.45, 2.75) is 24.3 Å². The van der Waals surface area contributed by atoms with Crippen LogP contribution in [0.15, 0.2) is 59.6 Å². The minimum atomic E-state index is -3.99.